The van der Waals surface area contributed by atoms with Gasteiger partial charge in [0.1, 0.15) is 17.7 Å². The second kappa shape index (κ2) is 7.47. The first-order chi connectivity index (χ1) is 11.0. The van der Waals surface area contributed by atoms with Crippen LogP contribution in [0.2, 0.25) is 0 Å². The lowest BCUT2D eigenvalue weighted by Gasteiger charge is -2.35. The molecule has 1 aromatic carbocycles. The number of benzene rings is 1. The predicted octanol–water partition coefficient (Wildman–Crippen LogP) is 3.15. The van der Waals surface area contributed by atoms with E-state index >= 15 is 0 Å². The third-order valence-electron chi connectivity index (χ3n) is 3.93. The second-order valence-corrected chi connectivity index (χ2v) is 6.13. The predicted molar refractivity (Wildman–Crippen MR) is 88.2 cm³/mol. The quantitative estimate of drug-likeness (QED) is 0.870. The maximum Gasteiger partial charge on any atom is 0.255 e. The number of para-hydroxylation sites is 1. The Balaban J connectivity index is 2.23. The number of nitriles is 2. The number of allylic oxidation sites excluding steroid dienone is 1. The fourth-order valence-corrected chi connectivity index (χ4v) is 3.03. The molecular formula is C18H20N4O. The molecule has 1 aliphatic rings. The molecule has 1 N–H and O–H groups in total. The molecule has 23 heavy (non-hydrogen) atoms. The smallest absolute Gasteiger partial charge is 0.255 e. The molecule has 0 bridgehead atoms. The third kappa shape index (κ3) is 4.11. The van der Waals surface area contributed by atoms with E-state index in [-0.39, 0.29) is 11.5 Å². The number of hydrogen-bond donors (Lipinski definition) is 1. The van der Waals surface area contributed by atoms with Crippen LogP contribution in [0.1, 0.15) is 30.6 Å². The van der Waals surface area contributed by atoms with Crippen molar-refractivity contribution in [1.29, 1.82) is 10.5 Å². The van der Waals surface area contributed by atoms with E-state index in [1.54, 1.807) is 24.3 Å². The summed E-state index contributed by atoms with van der Waals surface area (Å²) in [6.45, 7) is 5.84. The van der Waals surface area contributed by atoms with Gasteiger partial charge in [0.2, 0.25) is 0 Å². The van der Waals surface area contributed by atoms with Crippen molar-refractivity contribution in [2.75, 3.05) is 18.4 Å². The molecule has 5 nitrogen and oxygen atoms in total. The van der Waals surface area contributed by atoms with Crippen LogP contribution in [-0.2, 0) is 0 Å². The van der Waals surface area contributed by atoms with Crippen LogP contribution in [0.3, 0.4) is 0 Å². The molecule has 0 aromatic heterocycles. The largest absolute Gasteiger partial charge is 0.359 e. The van der Waals surface area contributed by atoms with Gasteiger partial charge in [-0.25, -0.2) is 0 Å². The van der Waals surface area contributed by atoms with Crippen molar-refractivity contribution in [3.05, 3.63) is 41.6 Å². The number of hydrogen-bond acceptors (Lipinski definition) is 4. The Bertz CT molecular complexity index is 670. The summed E-state index contributed by atoms with van der Waals surface area (Å²) in [7, 11) is 0. The topological polar surface area (TPSA) is 79.9 Å². The number of amides is 1. The van der Waals surface area contributed by atoms with Crippen molar-refractivity contribution < 1.29 is 4.79 Å². The van der Waals surface area contributed by atoms with Gasteiger partial charge in [-0.1, -0.05) is 26.0 Å². The van der Waals surface area contributed by atoms with Gasteiger partial charge in [0, 0.05) is 19.3 Å². The molecule has 2 rings (SSSR count). The second-order valence-electron chi connectivity index (χ2n) is 6.13. The number of rotatable bonds is 3. The Morgan fingerprint density at radius 2 is 1.83 bits per heavy atom. The molecule has 1 aliphatic heterocycles. The van der Waals surface area contributed by atoms with Crippen LogP contribution in [0.25, 0.3) is 0 Å². The van der Waals surface area contributed by atoms with E-state index in [0.717, 1.165) is 19.5 Å². The lowest BCUT2D eigenvalue weighted by atomic mass is 9.91. The summed E-state index contributed by atoms with van der Waals surface area (Å²) in [4.78, 5) is 14.7. The highest BCUT2D eigenvalue weighted by molar-refractivity contribution is 5.99. The van der Waals surface area contributed by atoms with Crippen LogP contribution in [0.15, 0.2) is 36.0 Å². The third-order valence-corrected chi connectivity index (χ3v) is 3.93. The minimum atomic E-state index is -0.0348. The van der Waals surface area contributed by atoms with Crippen molar-refractivity contribution in [2.24, 2.45) is 11.8 Å². The molecule has 0 spiro atoms. The van der Waals surface area contributed by atoms with Crippen molar-refractivity contribution in [3.63, 3.8) is 0 Å². The van der Waals surface area contributed by atoms with Gasteiger partial charge in [-0.2, -0.15) is 10.5 Å². The van der Waals surface area contributed by atoms with Crippen LogP contribution >= 0.6 is 0 Å². The highest BCUT2D eigenvalue weighted by atomic mass is 16.2. The fourth-order valence-electron chi connectivity index (χ4n) is 3.03. The molecule has 0 radical (unpaired) electrons. The number of piperidine rings is 1. The average molecular weight is 308 g/mol. The number of likely N-dealkylation sites (tertiary alicyclic amines) is 1. The number of carbonyl (C=O) groups is 1. The summed E-state index contributed by atoms with van der Waals surface area (Å²) in [6, 6.07) is 10.7. The van der Waals surface area contributed by atoms with Crippen LogP contribution in [0, 0.1) is 34.5 Å². The number of nitrogens with zero attached hydrogens (tertiary/aromatic N) is 3. The van der Waals surface area contributed by atoms with Crippen LogP contribution in [-0.4, -0.2) is 23.9 Å². The Morgan fingerprint density at radius 3 is 2.43 bits per heavy atom. The lowest BCUT2D eigenvalue weighted by Crippen LogP contribution is -2.42. The van der Waals surface area contributed by atoms with Crippen LogP contribution in [0.4, 0.5) is 5.69 Å². The molecule has 1 amide bonds. The van der Waals surface area contributed by atoms with E-state index in [2.05, 4.69) is 19.2 Å². The van der Waals surface area contributed by atoms with E-state index in [4.69, 9.17) is 10.5 Å². The van der Waals surface area contributed by atoms with Gasteiger partial charge < -0.3 is 10.2 Å². The van der Waals surface area contributed by atoms with Crippen LogP contribution in [0.5, 0.6) is 0 Å². The van der Waals surface area contributed by atoms with E-state index in [1.807, 2.05) is 17.0 Å². The lowest BCUT2D eigenvalue weighted by molar-refractivity contribution is 0.0624. The molecule has 1 heterocycles. The molecule has 0 saturated carbocycles. The van der Waals surface area contributed by atoms with Gasteiger partial charge in [-0.05, 0) is 30.4 Å². The Kier molecular flexibility index (Phi) is 5.38. The maximum atomic E-state index is 12.8. The highest BCUT2D eigenvalue weighted by Crippen LogP contribution is 2.25. The first-order valence-electron chi connectivity index (χ1n) is 7.70. The number of anilines is 1. The first-order valence-corrected chi connectivity index (χ1v) is 7.70. The standard InChI is InChI=1S/C18H20N4O/c1-13-7-14(2)12-22(11-13)18(23)16-5-3-4-6-17(16)21-10-15(8-19)9-20/h3-6,10,13-14,21H,7,11-12H2,1-2H3/t13-,14-/m1/s1. The first kappa shape index (κ1) is 16.6. The molecular weight excluding hydrogens is 288 g/mol. The molecule has 0 unspecified atom stereocenters. The zero-order chi connectivity index (χ0) is 16.8. The average Bonchev–Trinajstić information content (AvgIpc) is 2.54. The summed E-state index contributed by atoms with van der Waals surface area (Å²) in [6.07, 6.45) is 2.47. The molecule has 118 valence electrons. The van der Waals surface area contributed by atoms with Crippen LogP contribution < -0.4 is 5.32 Å². The summed E-state index contributed by atoms with van der Waals surface area (Å²) >= 11 is 0. The van der Waals surface area contributed by atoms with Gasteiger partial charge >= 0.3 is 0 Å². The Hall–Kier alpha value is -2.79. The molecule has 1 aromatic rings. The summed E-state index contributed by atoms with van der Waals surface area (Å²) < 4.78 is 0. The molecule has 5 heteroatoms. The summed E-state index contributed by atoms with van der Waals surface area (Å²) in [5.74, 6) is 0.966. The fraction of sp³-hybridized carbons (Fsp3) is 0.389. The Labute approximate surface area is 136 Å². The van der Waals surface area contributed by atoms with Crippen molar-refractivity contribution in [2.45, 2.75) is 20.3 Å². The van der Waals surface area contributed by atoms with E-state index < -0.39 is 0 Å². The normalized spacial score (nSPS) is 20.1. The zero-order valence-corrected chi connectivity index (χ0v) is 13.4. The molecule has 1 fully saturated rings. The van der Waals surface area contributed by atoms with E-state index in [9.17, 15) is 4.79 Å². The maximum absolute atomic E-state index is 12.8. The highest BCUT2D eigenvalue weighted by Gasteiger charge is 2.27. The van der Waals surface area contributed by atoms with Gasteiger partial charge in [0.15, 0.2) is 0 Å². The van der Waals surface area contributed by atoms with E-state index in [1.165, 1.54) is 6.20 Å². The molecule has 0 aliphatic carbocycles. The van der Waals surface area contributed by atoms with Gasteiger partial charge in [0.05, 0.1) is 11.3 Å². The van der Waals surface area contributed by atoms with Crippen molar-refractivity contribution in [1.82, 2.24) is 4.90 Å². The Morgan fingerprint density at radius 1 is 1.22 bits per heavy atom. The van der Waals surface area contributed by atoms with Crippen molar-refractivity contribution >= 4 is 11.6 Å². The summed E-state index contributed by atoms with van der Waals surface area (Å²) in [5.41, 5.74) is 1.12. The minimum absolute atomic E-state index is 0.0182. The van der Waals surface area contributed by atoms with Gasteiger partial charge in [-0.15, -0.1) is 0 Å². The zero-order valence-electron chi connectivity index (χ0n) is 13.4. The van der Waals surface area contributed by atoms with Gasteiger partial charge in [-0.3, -0.25) is 4.79 Å². The van der Waals surface area contributed by atoms with Crippen molar-refractivity contribution in [3.8, 4) is 12.1 Å². The number of carbonyl (C=O) groups excluding carboxylic acids is 1. The molecule has 1 saturated heterocycles. The monoisotopic (exact) mass is 308 g/mol. The summed E-state index contributed by atoms with van der Waals surface area (Å²) in [5, 5.41) is 20.5. The van der Waals surface area contributed by atoms with E-state index in [0.29, 0.717) is 23.1 Å². The minimum Gasteiger partial charge on any atom is -0.359 e. The number of nitrogens with one attached hydrogen (secondary N) is 1. The SMILES string of the molecule is C[C@@H]1C[C@@H](C)CN(C(=O)c2ccccc2NC=C(C#N)C#N)C1. The molecule has 2 atom stereocenters. The van der Waals surface area contributed by atoms with Gasteiger partial charge in [0.25, 0.3) is 5.91 Å².